The van der Waals surface area contributed by atoms with E-state index in [2.05, 4.69) is 25.2 Å². The summed E-state index contributed by atoms with van der Waals surface area (Å²) in [4.78, 5) is 20.8. The van der Waals surface area contributed by atoms with Gasteiger partial charge in [0.2, 0.25) is 5.13 Å². The molecule has 0 aliphatic carbocycles. The number of rotatable bonds is 8. The first-order valence-electron chi connectivity index (χ1n) is 10.6. The van der Waals surface area contributed by atoms with Gasteiger partial charge in [-0.2, -0.15) is 0 Å². The molecule has 9 nitrogen and oxygen atoms in total. The highest BCUT2D eigenvalue weighted by Crippen LogP contribution is 2.23. The van der Waals surface area contributed by atoms with Crippen molar-refractivity contribution in [3.8, 4) is 5.75 Å². The molecule has 1 aliphatic rings. The van der Waals surface area contributed by atoms with E-state index < -0.39 is 0 Å². The molecular formula is C22H26N6O3S2. The zero-order chi connectivity index (χ0) is 23.2. The van der Waals surface area contributed by atoms with Gasteiger partial charge in [-0.1, -0.05) is 11.3 Å². The minimum Gasteiger partial charge on any atom is -0.497 e. The molecule has 0 spiro atoms. The maximum Gasteiger partial charge on any atom is 0.339 e. The van der Waals surface area contributed by atoms with Gasteiger partial charge < -0.3 is 19.7 Å². The van der Waals surface area contributed by atoms with Crippen LogP contribution >= 0.6 is 23.6 Å². The Hall–Kier alpha value is -3.02. The first kappa shape index (κ1) is 23.1. The topological polar surface area (TPSA) is 84.8 Å². The second kappa shape index (κ2) is 10.7. The monoisotopic (exact) mass is 486 g/mol. The van der Waals surface area contributed by atoms with Crippen molar-refractivity contribution in [2.45, 2.75) is 13.6 Å². The van der Waals surface area contributed by atoms with Crippen molar-refractivity contribution in [2.24, 2.45) is 0 Å². The molecule has 33 heavy (non-hydrogen) atoms. The molecule has 0 amide bonds. The minimum absolute atomic E-state index is 0.345. The van der Waals surface area contributed by atoms with Crippen LogP contribution in [0.4, 0.5) is 16.6 Å². The second-order valence-corrected chi connectivity index (χ2v) is 9.02. The largest absolute Gasteiger partial charge is 0.497 e. The van der Waals surface area contributed by atoms with E-state index in [9.17, 15) is 4.79 Å². The number of carbonyl (C=O) groups is 1. The van der Waals surface area contributed by atoms with Gasteiger partial charge in [0, 0.05) is 38.1 Å². The molecule has 1 fully saturated rings. The van der Waals surface area contributed by atoms with Crippen LogP contribution < -0.4 is 15.0 Å². The molecule has 4 rings (SSSR count). The lowest BCUT2D eigenvalue weighted by Crippen LogP contribution is -2.47. The van der Waals surface area contributed by atoms with Gasteiger partial charge in [0.05, 0.1) is 25.9 Å². The maximum atomic E-state index is 11.8. The Morgan fingerprint density at radius 1 is 1.15 bits per heavy atom. The van der Waals surface area contributed by atoms with Gasteiger partial charge in [-0.15, -0.1) is 5.10 Å². The van der Waals surface area contributed by atoms with Crippen LogP contribution in [0.3, 0.4) is 0 Å². The lowest BCUT2D eigenvalue weighted by Gasteiger charge is -2.35. The van der Waals surface area contributed by atoms with E-state index in [0.717, 1.165) is 52.5 Å². The van der Waals surface area contributed by atoms with Crippen LogP contribution in [0, 0.1) is 3.95 Å². The Morgan fingerprint density at radius 3 is 2.55 bits per heavy atom. The molecule has 11 heteroatoms. The third-order valence-corrected chi connectivity index (χ3v) is 6.46. The molecule has 0 bridgehead atoms. The number of pyridine rings is 1. The summed E-state index contributed by atoms with van der Waals surface area (Å²) in [7, 11) is 1.65. The Morgan fingerprint density at radius 2 is 1.91 bits per heavy atom. The third-order valence-electron chi connectivity index (χ3n) is 5.24. The van der Waals surface area contributed by atoms with Crippen LogP contribution in [0.1, 0.15) is 17.3 Å². The second-order valence-electron chi connectivity index (χ2n) is 7.40. The van der Waals surface area contributed by atoms with Gasteiger partial charge in [-0.25, -0.2) is 14.5 Å². The number of nitrogens with zero attached hydrogens (tertiary/aromatic N) is 5. The van der Waals surface area contributed by atoms with E-state index in [-0.39, 0.29) is 5.97 Å². The summed E-state index contributed by atoms with van der Waals surface area (Å²) in [6.45, 7) is 6.17. The number of piperazine rings is 1. The number of hydrogen-bond acceptors (Lipinski definition) is 10. The van der Waals surface area contributed by atoms with Crippen LogP contribution in [0.25, 0.3) is 0 Å². The molecular weight excluding hydrogens is 460 g/mol. The van der Waals surface area contributed by atoms with Crippen molar-refractivity contribution >= 4 is 46.2 Å². The third kappa shape index (κ3) is 5.86. The molecule has 0 unspecified atom stereocenters. The predicted molar refractivity (Wildman–Crippen MR) is 131 cm³/mol. The SMILES string of the molecule is CCOC(=O)c1ccc(N2CCN(Cn3nc(Nc4ccc(OC)cc4)sc3=S)CC2)nc1. The highest BCUT2D eigenvalue weighted by molar-refractivity contribution is 7.73. The number of esters is 1. The fraction of sp³-hybridized carbons (Fsp3) is 0.364. The van der Waals surface area contributed by atoms with Crippen LogP contribution in [-0.4, -0.2) is 65.5 Å². The Labute approximate surface area is 201 Å². The summed E-state index contributed by atoms with van der Waals surface area (Å²) in [6.07, 6.45) is 1.58. The summed E-state index contributed by atoms with van der Waals surface area (Å²) in [5, 5.41) is 8.70. The van der Waals surface area contributed by atoms with Crippen LogP contribution in [0.2, 0.25) is 0 Å². The molecule has 0 saturated carbocycles. The smallest absolute Gasteiger partial charge is 0.339 e. The number of ether oxygens (including phenoxy) is 2. The van der Waals surface area contributed by atoms with E-state index >= 15 is 0 Å². The maximum absolute atomic E-state index is 11.8. The predicted octanol–water partition coefficient (Wildman–Crippen LogP) is 3.78. The summed E-state index contributed by atoms with van der Waals surface area (Å²) >= 11 is 6.97. The van der Waals surface area contributed by atoms with Crippen molar-refractivity contribution in [3.63, 3.8) is 0 Å². The molecule has 2 aromatic heterocycles. The van der Waals surface area contributed by atoms with E-state index in [1.54, 1.807) is 26.3 Å². The standard InChI is InChI=1S/C22H26N6O3S2/c1-3-31-20(29)16-4-9-19(23-14-16)27-12-10-26(11-13-27)15-28-22(32)33-21(25-28)24-17-5-7-18(30-2)8-6-17/h4-9,14H,3,10-13,15H2,1-2H3,(H,24,25). The summed E-state index contributed by atoms with van der Waals surface area (Å²) in [5.41, 5.74) is 1.40. The number of carbonyl (C=O) groups excluding carboxylic acids is 1. The van der Waals surface area contributed by atoms with Crippen molar-refractivity contribution in [1.82, 2.24) is 19.7 Å². The van der Waals surface area contributed by atoms with E-state index in [0.29, 0.717) is 18.8 Å². The molecule has 1 saturated heterocycles. The Kier molecular flexibility index (Phi) is 7.53. The first-order valence-corrected chi connectivity index (χ1v) is 11.9. The summed E-state index contributed by atoms with van der Waals surface area (Å²) in [6, 6.07) is 11.3. The van der Waals surface area contributed by atoms with Gasteiger partial charge >= 0.3 is 5.97 Å². The van der Waals surface area contributed by atoms with Crippen molar-refractivity contribution in [2.75, 3.05) is 50.1 Å². The van der Waals surface area contributed by atoms with Crippen LogP contribution in [-0.2, 0) is 11.4 Å². The number of benzene rings is 1. The van der Waals surface area contributed by atoms with Gasteiger partial charge in [0.15, 0.2) is 3.95 Å². The van der Waals surface area contributed by atoms with E-state index in [4.69, 9.17) is 21.7 Å². The van der Waals surface area contributed by atoms with Crippen molar-refractivity contribution < 1.29 is 14.3 Å². The lowest BCUT2D eigenvalue weighted by atomic mass is 10.2. The normalized spacial score (nSPS) is 14.2. The van der Waals surface area contributed by atoms with Gasteiger partial charge in [-0.05, 0) is 55.5 Å². The molecule has 3 aromatic rings. The summed E-state index contributed by atoms with van der Waals surface area (Å²) in [5.74, 6) is 1.32. The summed E-state index contributed by atoms with van der Waals surface area (Å²) < 4.78 is 12.8. The molecule has 1 N–H and O–H groups in total. The molecule has 174 valence electrons. The molecule has 1 aliphatic heterocycles. The van der Waals surface area contributed by atoms with Crippen LogP contribution in [0.15, 0.2) is 42.6 Å². The van der Waals surface area contributed by atoms with Gasteiger partial charge in [0.25, 0.3) is 0 Å². The Bertz CT molecular complexity index is 1120. The molecule has 3 heterocycles. The van der Waals surface area contributed by atoms with Gasteiger partial charge in [-0.3, -0.25) is 4.90 Å². The van der Waals surface area contributed by atoms with Crippen molar-refractivity contribution in [3.05, 3.63) is 52.1 Å². The number of methoxy groups -OCH3 is 1. The highest BCUT2D eigenvalue weighted by atomic mass is 32.1. The van der Waals surface area contributed by atoms with E-state index in [1.807, 2.05) is 35.0 Å². The molecule has 0 atom stereocenters. The zero-order valence-electron chi connectivity index (χ0n) is 18.6. The fourth-order valence-electron chi connectivity index (χ4n) is 3.46. The minimum atomic E-state index is -0.345. The molecule has 1 aromatic carbocycles. The zero-order valence-corrected chi connectivity index (χ0v) is 20.2. The average Bonchev–Trinajstić information content (AvgIpc) is 3.18. The molecule has 0 radical (unpaired) electrons. The lowest BCUT2D eigenvalue weighted by molar-refractivity contribution is 0.0526. The number of hydrogen-bond donors (Lipinski definition) is 1. The highest BCUT2D eigenvalue weighted by Gasteiger charge is 2.19. The number of nitrogens with one attached hydrogen (secondary N) is 1. The number of aromatic nitrogens is 3. The quantitative estimate of drug-likeness (QED) is 0.378. The fourth-order valence-corrected chi connectivity index (χ4v) is 4.47. The van der Waals surface area contributed by atoms with E-state index in [1.165, 1.54) is 11.3 Å². The number of anilines is 3. The van der Waals surface area contributed by atoms with Crippen molar-refractivity contribution in [1.29, 1.82) is 0 Å². The average molecular weight is 487 g/mol. The first-order chi connectivity index (χ1) is 16.1. The Balaban J connectivity index is 1.31. The van der Waals surface area contributed by atoms with Crippen LogP contribution in [0.5, 0.6) is 5.75 Å². The van der Waals surface area contributed by atoms with Gasteiger partial charge in [0.1, 0.15) is 11.6 Å².